The first-order chi connectivity index (χ1) is 11.2. The van der Waals surface area contributed by atoms with Crippen LogP contribution in [0, 0.1) is 6.92 Å². The van der Waals surface area contributed by atoms with Crippen LogP contribution in [0.15, 0.2) is 36.5 Å². The fourth-order valence-corrected chi connectivity index (χ4v) is 2.49. The molecule has 4 heteroatoms. The van der Waals surface area contributed by atoms with Crippen LogP contribution in [-0.4, -0.2) is 16.4 Å². The largest absolute Gasteiger partial charge is 0.354 e. The summed E-state index contributed by atoms with van der Waals surface area (Å²) in [6, 6.07) is 9.94. The Kier molecular flexibility index (Phi) is 5.27. The smallest absolute Gasteiger partial charge is 0.270 e. The molecule has 0 saturated carbocycles. The Hall–Kier alpha value is -2.36. The van der Waals surface area contributed by atoms with Crippen LogP contribution in [0.2, 0.25) is 0 Å². The van der Waals surface area contributed by atoms with Crippen LogP contribution < -0.4 is 10.6 Å². The number of nitrogens with zero attached hydrogens (tertiary/aromatic N) is 1. The lowest BCUT2D eigenvalue weighted by Crippen LogP contribution is -2.40. The van der Waals surface area contributed by atoms with E-state index in [1.165, 1.54) is 11.1 Å². The molecule has 0 fully saturated rings. The lowest BCUT2D eigenvalue weighted by atomic mass is 9.98. The summed E-state index contributed by atoms with van der Waals surface area (Å²) in [6.45, 7) is 12.3. The van der Waals surface area contributed by atoms with Gasteiger partial charge in [-0.25, -0.2) is 4.98 Å². The summed E-state index contributed by atoms with van der Waals surface area (Å²) < 4.78 is 0. The molecule has 0 unspecified atom stereocenters. The van der Waals surface area contributed by atoms with Gasteiger partial charge in [-0.1, -0.05) is 32.0 Å². The molecule has 0 aliphatic heterocycles. The Morgan fingerprint density at radius 1 is 1.12 bits per heavy atom. The second-order valence-electron chi connectivity index (χ2n) is 7.46. The molecular formula is C20H27N3O. The molecule has 128 valence electrons. The Labute approximate surface area is 144 Å². The van der Waals surface area contributed by atoms with Crippen molar-refractivity contribution >= 4 is 17.3 Å². The minimum Gasteiger partial charge on any atom is -0.354 e. The van der Waals surface area contributed by atoms with Crippen molar-refractivity contribution in [3.63, 3.8) is 0 Å². The molecule has 1 aromatic heterocycles. The van der Waals surface area contributed by atoms with Crippen LogP contribution in [0.25, 0.3) is 0 Å². The van der Waals surface area contributed by atoms with Crippen molar-refractivity contribution in [1.82, 2.24) is 10.3 Å². The first-order valence-electron chi connectivity index (χ1n) is 8.32. The summed E-state index contributed by atoms with van der Waals surface area (Å²) in [7, 11) is 0. The second-order valence-corrected chi connectivity index (χ2v) is 7.46. The monoisotopic (exact) mass is 325 g/mol. The molecule has 0 aliphatic carbocycles. The Morgan fingerprint density at radius 3 is 2.38 bits per heavy atom. The Balaban J connectivity index is 2.20. The van der Waals surface area contributed by atoms with Crippen LogP contribution in [0.4, 0.5) is 11.4 Å². The molecule has 2 rings (SSSR count). The van der Waals surface area contributed by atoms with E-state index in [1.54, 1.807) is 12.3 Å². The molecule has 0 aliphatic rings. The molecule has 24 heavy (non-hydrogen) atoms. The third-order valence-electron chi connectivity index (χ3n) is 3.68. The van der Waals surface area contributed by atoms with Gasteiger partial charge in [0.15, 0.2) is 0 Å². The number of carbonyl (C=O) groups is 1. The van der Waals surface area contributed by atoms with E-state index in [0.717, 1.165) is 11.4 Å². The van der Waals surface area contributed by atoms with Gasteiger partial charge in [0.25, 0.3) is 5.91 Å². The van der Waals surface area contributed by atoms with Gasteiger partial charge in [0.2, 0.25) is 0 Å². The fraction of sp³-hybridized carbons (Fsp3) is 0.400. The van der Waals surface area contributed by atoms with Crippen molar-refractivity contribution in [2.75, 3.05) is 5.32 Å². The highest BCUT2D eigenvalue weighted by Gasteiger charge is 2.16. The summed E-state index contributed by atoms with van der Waals surface area (Å²) in [5, 5.41) is 6.36. The minimum atomic E-state index is -0.275. The number of aromatic nitrogens is 1. The van der Waals surface area contributed by atoms with Gasteiger partial charge < -0.3 is 10.6 Å². The van der Waals surface area contributed by atoms with Gasteiger partial charge in [0.05, 0.1) is 11.9 Å². The number of anilines is 2. The van der Waals surface area contributed by atoms with Crippen molar-refractivity contribution < 1.29 is 4.79 Å². The van der Waals surface area contributed by atoms with Crippen LogP contribution in [0.1, 0.15) is 62.2 Å². The van der Waals surface area contributed by atoms with Crippen molar-refractivity contribution in [2.45, 2.75) is 53.0 Å². The molecular weight excluding hydrogens is 298 g/mol. The summed E-state index contributed by atoms with van der Waals surface area (Å²) in [5.41, 5.74) is 4.59. The molecule has 2 N–H and O–H groups in total. The molecule has 0 radical (unpaired) electrons. The number of para-hydroxylation sites is 1. The van der Waals surface area contributed by atoms with E-state index >= 15 is 0 Å². The topological polar surface area (TPSA) is 54.0 Å². The number of nitrogens with one attached hydrogen (secondary N) is 2. The standard InChI is InChI=1S/C20H27N3O/c1-13(2)16-9-7-8-14(3)18(16)22-15-10-11-17(21-12-15)19(24)23-20(4,5)6/h7-13,22H,1-6H3,(H,23,24). The predicted octanol–water partition coefficient (Wildman–Crippen LogP) is 4.79. The summed E-state index contributed by atoms with van der Waals surface area (Å²) in [4.78, 5) is 16.4. The van der Waals surface area contributed by atoms with E-state index in [4.69, 9.17) is 0 Å². The number of benzene rings is 1. The van der Waals surface area contributed by atoms with E-state index in [0.29, 0.717) is 11.6 Å². The number of rotatable bonds is 4. The van der Waals surface area contributed by atoms with E-state index in [-0.39, 0.29) is 11.4 Å². The molecule has 0 saturated heterocycles. The number of aryl methyl sites for hydroxylation is 1. The average Bonchev–Trinajstić information content (AvgIpc) is 2.48. The highest BCUT2D eigenvalue weighted by molar-refractivity contribution is 5.93. The summed E-state index contributed by atoms with van der Waals surface area (Å²) in [5.74, 6) is 0.269. The fourth-order valence-electron chi connectivity index (χ4n) is 2.49. The van der Waals surface area contributed by atoms with Gasteiger partial charge in [-0.3, -0.25) is 4.79 Å². The quantitative estimate of drug-likeness (QED) is 0.850. The molecule has 1 heterocycles. The number of pyridine rings is 1. The van der Waals surface area contributed by atoms with Gasteiger partial charge >= 0.3 is 0 Å². The van der Waals surface area contributed by atoms with Gasteiger partial charge in [0.1, 0.15) is 5.69 Å². The van der Waals surface area contributed by atoms with Crippen molar-refractivity contribution in [2.24, 2.45) is 0 Å². The highest BCUT2D eigenvalue weighted by atomic mass is 16.2. The number of hydrogen-bond acceptors (Lipinski definition) is 3. The number of carbonyl (C=O) groups excluding carboxylic acids is 1. The van der Waals surface area contributed by atoms with Gasteiger partial charge in [-0.15, -0.1) is 0 Å². The minimum absolute atomic E-state index is 0.159. The van der Waals surface area contributed by atoms with Crippen molar-refractivity contribution in [3.05, 3.63) is 53.3 Å². The normalized spacial score (nSPS) is 11.5. The van der Waals surface area contributed by atoms with Crippen LogP contribution in [0.3, 0.4) is 0 Å². The average molecular weight is 325 g/mol. The lowest BCUT2D eigenvalue weighted by Gasteiger charge is -2.20. The first-order valence-corrected chi connectivity index (χ1v) is 8.32. The number of amides is 1. The molecule has 1 aromatic carbocycles. The SMILES string of the molecule is Cc1cccc(C(C)C)c1Nc1ccc(C(=O)NC(C)(C)C)nc1. The van der Waals surface area contributed by atoms with E-state index in [2.05, 4.69) is 54.6 Å². The predicted molar refractivity (Wildman–Crippen MR) is 100 cm³/mol. The van der Waals surface area contributed by atoms with Gasteiger partial charge in [-0.05, 0) is 56.9 Å². The van der Waals surface area contributed by atoms with E-state index in [9.17, 15) is 4.79 Å². The Bertz CT molecular complexity index is 713. The van der Waals surface area contributed by atoms with E-state index in [1.807, 2.05) is 26.8 Å². The van der Waals surface area contributed by atoms with Crippen LogP contribution in [0.5, 0.6) is 0 Å². The molecule has 2 aromatic rings. The number of hydrogen-bond donors (Lipinski definition) is 2. The lowest BCUT2D eigenvalue weighted by molar-refractivity contribution is 0.0914. The second kappa shape index (κ2) is 7.04. The third kappa shape index (κ3) is 4.57. The first kappa shape index (κ1) is 18.0. The maximum Gasteiger partial charge on any atom is 0.270 e. The third-order valence-corrected chi connectivity index (χ3v) is 3.68. The zero-order valence-corrected chi connectivity index (χ0v) is 15.4. The van der Waals surface area contributed by atoms with E-state index < -0.39 is 0 Å². The molecule has 4 nitrogen and oxygen atoms in total. The molecule has 0 atom stereocenters. The molecule has 0 bridgehead atoms. The maximum atomic E-state index is 12.1. The van der Waals surface area contributed by atoms with Crippen molar-refractivity contribution in [3.8, 4) is 0 Å². The maximum absolute atomic E-state index is 12.1. The van der Waals surface area contributed by atoms with Crippen LogP contribution >= 0.6 is 0 Å². The summed E-state index contributed by atoms with van der Waals surface area (Å²) >= 11 is 0. The summed E-state index contributed by atoms with van der Waals surface area (Å²) in [6.07, 6.45) is 1.70. The van der Waals surface area contributed by atoms with Gasteiger partial charge in [0, 0.05) is 11.2 Å². The molecule has 1 amide bonds. The molecule has 0 spiro atoms. The zero-order chi connectivity index (χ0) is 17.9. The van der Waals surface area contributed by atoms with Crippen molar-refractivity contribution in [1.29, 1.82) is 0 Å². The van der Waals surface area contributed by atoms with Gasteiger partial charge in [-0.2, -0.15) is 0 Å². The Morgan fingerprint density at radius 2 is 1.83 bits per heavy atom. The zero-order valence-electron chi connectivity index (χ0n) is 15.4. The highest BCUT2D eigenvalue weighted by Crippen LogP contribution is 2.30. The van der Waals surface area contributed by atoms with Crippen LogP contribution in [-0.2, 0) is 0 Å².